The lowest BCUT2D eigenvalue weighted by molar-refractivity contribution is -0.139. The number of aliphatic carboxylic acids is 1. The van der Waals surface area contributed by atoms with Gasteiger partial charge < -0.3 is 20.3 Å². The summed E-state index contributed by atoms with van der Waals surface area (Å²) in [5.41, 5.74) is 1.38. The molecule has 0 saturated heterocycles. The second kappa shape index (κ2) is 10.1. The number of aromatic carboxylic acids is 1. The van der Waals surface area contributed by atoms with Crippen molar-refractivity contribution in [3.8, 4) is 16.2 Å². The van der Waals surface area contributed by atoms with E-state index in [1.54, 1.807) is 30.1 Å². The van der Waals surface area contributed by atoms with Gasteiger partial charge in [0.1, 0.15) is 5.02 Å². The van der Waals surface area contributed by atoms with Crippen LogP contribution >= 0.6 is 22.9 Å². The Hall–Kier alpha value is -2.78. The van der Waals surface area contributed by atoms with Crippen LogP contribution in [0.5, 0.6) is 5.75 Å². The van der Waals surface area contributed by atoms with Crippen LogP contribution in [0.3, 0.4) is 0 Å². The molecule has 0 spiro atoms. The molecule has 2 aromatic rings. The second-order valence-corrected chi connectivity index (χ2v) is 11.8. The number of hydrogen-bond acceptors (Lipinski definition) is 5. The van der Waals surface area contributed by atoms with Gasteiger partial charge in [0.25, 0.3) is 0 Å². The van der Waals surface area contributed by atoms with E-state index >= 15 is 0 Å². The zero-order chi connectivity index (χ0) is 26.1. The van der Waals surface area contributed by atoms with Gasteiger partial charge >= 0.3 is 18.0 Å². The van der Waals surface area contributed by atoms with Crippen molar-refractivity contribution in [2.45, 2.75) is 53.0 Å². The van der Waals surface area contributed by atoms with Gasteiger partial charge in [0, 0.05) is 18.8 Å². The monoisotopic (exact) mass is 522 g/mol. The predicted molar refractivity (Wildman–Crippen MR) is 137 cm³/mol. The highest BCUT2D eigenvalue weighted by molar-refractivity contribution is 7.18. The first kappa shape index (κ1) is 26.8. The molecule has 0 unspecified atom stereocenters. The SMILES string of the molecule is CNC(=O)N(c1cccc(-c2sc(C(=O)O)c(OCC(=O)O)c2Cl)c1)C1CC(C)(C)CC(C)(C)C1. The van der Waals surface area contributed by atoms with Crippen molar-refractivity contribution in [2.75, 3.05) is 18.6 Å². The van der Waals surface area contributed by atoms with Gasteiger partial charge in [-0.05, 0) is 47.8 Å². The van der Waals surface area contributed by atoms with Crippen LogP contribution in [0.25, 0.3) is 10.4 Å². The Labute approximate surface area is 213 Å². The van der Waals surface area contributed by atoms with Crippen LogP contribution in [0.1, 0.15) is 56.6 Å². The third-order valence-corrected chi connectivity index (χ3v) is 7.74. The van der Waals surface area contributed by atoms with E-state index in [9.17, 15) is 19.5 Å². The van der Waals surface area contributed by atoms with Crippen molar-refractivity contribution < 1.29 is 29.3 Å². The quantitative estimate of drug-likeness (QED) is 0.412. The molecule has 3 rings (SSSR count). The fourth-order valence-electron chi connectivity index (χ4n) is 5.37. The zero-order valence-electron chi connectivity index (χ0n) is 20.5. The molecule has 3 N–H and O–H groups in total. The number of carboxylic acid groups (broad SMARTS) is 2. The van der Waals surface area contributed by atoms with Gasteiger partial charge in [-0.15, -0.1) is 11.3 Å². The largest absolute Gasteiger partial charge is 0.479 e. The topological polar surface area (TPSA) is 116 Å². The fraction of sp³-hybridized carbons (Fsp3) is 0.480. The van der Waals surface area contributed by atoms with Crippen LogP contribution in [0, 0.1) is 10.8 Å². The summed E-state index contributed by atoms with van der Waals surface area (Å²) in [6, 6.07) is 6.93. The standard InChI is InChI=1S/C25H31ClN2O6S/c1-24(2)10-16(11-25(3,4)13-24)28(23(33)27-5)15-8-6-7-14(9-15)20-18(26)19(34-12-17(29)30)21(35-20)22(31)32/h6-9,16H,10-13H2,1-5H3,(H,27,33)(H,29,30)(H,31,32). The molecule has 1 saturated carbocycles. The van der Waals surface area contributed by atoms with E-state index < -0.39 is 18.5 Å². The van der Waals surface area contributed by atoms with Crippen LogP contribution in [0.15, 0.2) is 24.3 Å². The summed E-state index contributed by atoms with van der Waals surface area (Å²) in [7, 11) is 1.60. The average molecular weight is 523 g/mol. The zero-order valence-corrected chi connectivity index (χ0v) is 22.0. The number of ether oxygens (including phenoxy) is 1. The molecule has 35 heavy (non-hydrogen) atoms. The average Bonchev–Trinajstić information content (AvgIpc) is 3.06. The number of benzene rings is 1. The molecular weight excluding hydrogens is 492 g/mol. The van der Waals surface area contributed by atoms with Gasteiger partial charge in [0.05, 0.1) is 4.88 Å². The Morgan fingerprint density at radius 3 is 2.34 bits per heavy atom. The number of halogens is 1. The number of urea groups is 1. The summed E-state index contributed by atoms with van der Waals surface area (Å²) < 4.78 is 5.19. The molecule has 1 aromatic heterocycles. The van der Waals surface area contributed by atoms with Crippen molar-refractivity contribution >= 4 is 46.6 Å². The van der Waals surface area contributed by atoms with E-state index in [0.29, 0.717) is 16.1 Å². The van der Waals surface area contributed by atoms with Gasteiger partial charge in [0.15, 0.2) is 17.2 Å². The van der Waals surface area contributed by atoms with E-state index in [1.165, 1.54) is 0 Å². The minimum absolute atomic E-state index is 0.0252. The molecule has 0 atom stereocenters. The summed E-state index contributed by atoms with van der Waals surface area (Å²) in [4.78, 5) is 37.8. The fourth-order valence-corrected chi connectivity index (χ4v) is 6.77. The van der Waals surface area contributed by atoms with Gasteiger partial charge in [0.2, 0.25) is 0 Å². The van der Waals surface area contributed by atoms with Gasteiger partial charge in [-0.2, -0.15) is 0 Å². The maximum Gasteiger partial charge on any atom is 0.349 e. The first-order chi connectivity index (χ1) is 16.2. The number of carboxylic acids is 2. The highest BCUT2D eigenvalue weighted by Gasteiger charge is 2.42. The molecule has 1 fully saturated rings. The smallest absolute Gasteiger partial charge is 0.349 e. The normalized spacial score (nSPS) is 17.0. The third kappa shape index (κ3) is 6.08. The predicted octanol–water partition coefficient (Wildman–Crippen LogP) is 5.98. The molecule has 0 bridgehead atoms. The summed E-state index contributed by atoms with van der Waals surface area (Å²) in [5.74, 6) is -2.68. The lowest BCUT2D eigenvalue weighted by Gasteiger charge is -2.48. The van der Waals surface area contributed by atoms with E-state index in [4.69, 9.17) is 21.4 Å². The molecule has 1 heterocycles. The van der Waals surface area contributed by atoms with Crippen LogP contribution in [0.4, 0.5) is 10.5 Å². The number of amides is 2. The van der Waals surface area contributed by atoms with Gasteiger partial charge in [-0.25, -0.2) is 14.4 Å². The lowest BCUT2D eigenvalue weighted by Crippen LogP contribution is -2.51. The molecule has 190 valence electrons. The molecule has 1 aliphatic rings. The summed E-state index contributed by atoms with van der Waals surface area (Å²) in [6.45, 7) is 8.16. The van der Waals surface area contributed by atoms with E-state index in [1.807, 2.05) is 6.07 Å². The summed E-state index contributed by atoms with van der Waals surface area (Å²) in [5, 5.41) is 21.3. The van der Waals surface area contributed by atoms with Crippen LogP contribution in [0.2, 0.25) is 5.02 Å². The highest BCUT2D eigenvalue weighted by Crippen LogP contribution is 2.49. The van der Waals surface area contributed by atoms with Crippen molar-refractivity contribution in [1.82, 2.24) is 5.32 Å². The van der Waals surface area contributed by atoms with Crippen molar-refractivity contribution in [1.29, 1.82) is 0 Å². The number of anilines is 1. The van der Waals surface area contributed by atoms with Crippen LogP contribution < -0.4 is 15.0 Å². The number of rotatable bonds is 7. The van der Waals surface area contributed by atoms with E-state index in [-0.39, 0.29) is 38.6 Å². The third-order valence-electron chi connectivity index (χ3n) is 6.06. The first-order valence-electron chi connectivity index (χ1n) is 11.3. The van der Waals surface area contributed by atoms with Gasteiger partial charge in [-0.1, -0.05) is 51.4 Å². The molecule has 2 amide bonds. The summed E-state index contributed by atoms with van der Waals surface area (Å²) in [6.07, 6.45) is 2.73. The van der Waals surface area contributed by atoms with Gasteiger partial charge in [-0.3, -0.25) is 4.90 Å². The molecule has 10 heteroatoms. The number of thiophene rings is 1. The van der Waals surface area contributed by atoms with Crippen LogP contribution in [-0.4, -0.2) is 47.9 Å². The molecule has 8 nitrogen and oxygen atoms in total. The molecule has 0 radical (unpaired) electrons. The van der Waals surface area contributed by atoms with Crippen molar-refractivity contribution in [2.24, 2.45) is 10.8 Å². The summed E-state index contributed by atoms with van der Waals surface area (Å²) >= 11 is 7.37. The number of hydrogen-bond donors (Lipinski definition) is 3. The number of carbonyl (C=O) groups excluding carboxylic acids is 1. The Morgan fingerprint density at radius 2 is 1.80 bits per heavy atom. The molecule has 1 aromatic carbocycles. The number of nitrogens with zero attached hydrogens (tertiary/aromatic N) is 1. The maximum absolute atomic E-state index is 13.1. The number of carbonyl (C=O) groups is 3. The first-order valence-corrected chi connectivity index (χ1v) is 12.5. The molecular formula is C25H31ClN2O6S. The van der Waals surface area contributed by atoms with Crippen molar-refractivity contribution in [3.05, 3.63) is 34.2 Å². The second-order valence-electron chi connectivity index (χ2n) is 10.4. The Balaban J connectivity index is 2.06. The maximum atomic E-state index is 13.1. The number of nitrogens with one attached hydrogen (secondary N) is 1. The van der Waals surface area contributed by atoms with E-state index in [0.717, 1.165) is 30.6 Å². The lowest BCUT2D eigenvalue weighted by atomic mass is 9.63. The Morgan fingerprint density at radius 1 is 1.17 bits per heavy atom. The highest BCUT2D eigenvalue weighted by atomic mass is 35.5. The molecule has 1 aliphatic carbocycles. The molecule has 0 aliphatic heterocycles. The Bertz CT molecular complexity index is 1130. The van der Waals surface area contributed by atoms with E-state index in [2.05, 4.69) is 33.0 Å². The minimum atomic E-state index is -1.27. The van der Waals surface area contributed by atoms with Crippen molar-refractivity contribution in [3.63, 3.8) is 0 Å². The van der Waals surface area contributed by atoms with Crippen LogP contribution in [-0.2, 0) is 4.79 Å². The minimum Gasteiger partial charge on any atom is -0.479 e. The Kier molecular flexibility index (Phi) is 7.71.